The SMILES string of the molecule is CC(=O)OCc1cc([C@@H](O)CNCCCCCCOCCOCc2cccc(NC(=O)c3cccnc3)c2)ccc1O. The third kappa shape index (κ3) is 12.4. The summed E-state index contributed by atoms with van der Waals surface area (Å²) in [5.41, 5.74) is 3.29. The molecule has 0 spiro atoms. The minimum absolute atomic E-state index is 0.0310. The van der Waals surface area contributed by atoms with Gasteiger partial charge in [-0.05, 0) is 66.9 Å². The van der Waals surface area contributed by atoms with Crippen LogP contribution in [0.4, 0.5) is 5.69 Å². The van der Waals surface area contributed by atoms with Crippen LogP contribution in [0, 0.1) is 0 Å². The van der Waals surface area contributed by atoms with Gasteiger partial charge in [0.1, 0.15) is 12.4 Å². The van der Waals surface area contributed by atoms with Crippen molar-refractivity contribution in [3.05, 3.63) is 89.2 Å². The number of esters is 1. The Labute approximate surface area is 247 Å². The average molecular weight is 580 g/mol. The normalized spacial score (nSPS) is 11.7. The van der Waals surface area contributed by atoms with E-state index in [0.717, 1.165) is 37.8 Å². The van der Waals surface area contributed by atoms with Gasteiger partial charge in [0.05, 0.1) is 31.5 Å². The minimum atomic E-state index is -0.723. The molecule has 1 aromatic heterocycles. The van der Waals surface area contributed by atoms with Crippen LogP contribution in [0.1, 0.15) is 65.8 Å². The van der Waals surface area contributed by atoms with Crippen LogP contribution >= 0.6 is 0 Å². The fourth-order valence-electron chi connectivity index (χ4n) is 4.12. The quantitative estimate of drug-likeness (QED) is 0.119. The molecule has 42 heavy (non-hydrogen) atoms. The number of unbranched alkanes of at least 4 members (excludes halogenated alkanes) is 3. The van der Waals surface area contributed by atoms with Gasteiger partial charge in [-0.1, -0.05) is 31.0 Å². The first-order chi connectivity index (χ1) is 20.4. The van der Waals surface area contributed by atoms with E-state index >= 15 is 0 Å². The molecule has 0 fully saturated rings. The van der Waals surface area contributed by atoms with Crippen LogP contribution in [0.2, 0.25) is 0 Å². The highest BCUT2D eigenvalue weighted by molar-refractivity contribution is 6.04. The van der Waals surface area contributed by atoms with E-state index in [1.165, 1.54) is 19.2 Å². The molecule has 1 heterocycles. The number of benzene rings is 2. The zero-order valence-electron chi connectivity index (χ0n) is 24.1. The van der Waals surface area contributed by atoms with E-state index in [9.17, 15) is 19.8 Å². The largest absolute Gasteiger partial charge is 0.508 e. The molecule has 3 rings (SSSR count). The number of carbonyl (C=O) groups excluding carboxylic acids is 2. The van der Waals surface area contributed by atoms with Gasteiger partial charge in [-0.15, -0.1) is 0 Å². The number of hydrogen-bond donors (Lipinski definition) is 4. The van der Waals surface area contributed by atoms with Crippen molar-refractivity contribution in [1.29, 1.82) is 0 Å². The van der Waals surface area contributed by atoms with Crippen LogP contribution in [-0.2, 0) is 32.2 Å². The summed E-state index contributed by atoms with van der Waals surface area (Å²) in [5.74, 6) is -0.601. The van der Waals surface area contributed by atoms with E-state index < -0.39 is 12.1 Å². The fraction of sp³-hybridized carbons (Fsp3) is 0.406. The first-order valence-electron chi connectivity index (χ1n) is 14.2. The lowest BCUT2D eigenvalue weighted by molar-refractivity contribution is -0.142. The van der Waals surface area contributed by atoms with Crippen molar-refractivity contribution in [1.82, 2.24) is 10.3 Å². The summed E-state index contributed by atoms with van der Waals surface area (Å²) in [6.07, 6.45) is 6.51. The van der Waals surface area contributed by atoms with Gasteiger partial charge in [0.15, 0.2) is 0 Å². The predicted octanol–water partition coefficient (Wildman–Crippen LogP) is 4.52. The third-order valence-electron chi connectivity index (χ3n) is 6.40. The van der Waals surface area contributed by atoms with E-state index in [1.54, 1.807) is 30.5 Å². The molecule has 1 amide bonds. The number of hydrogen-bond acceptors (Lipinski definition) is 9. The molecule has 0 saturated heterocycles. The Morgan fingerprint density at radius 3 is 2.57 bits per heavy atom. The average Bonchev–Trinajstić information content (AvgIpc) is 2.99. The number of nitrogens with zero attached hydrogens (tertiary/aromatic N) is 1. The molecule has 0 aliphatic rings. The van der Waals surface area contributed by atoms with E-state index in [2.05, 4.69) is 15.6 Å². The molecule has 10 nitrogen and oxygen atoms in total. The van der Waals surface area contributed by atoms with Gasteiger partial charge >= 0.3 is 5.97 Å². The monoisotopic (exact) mass is 579 g/mol. The van der Waals surface area contributed by atoms with Crippen LogP contribution in [0.15, 0.2) is 67.0 Å². The van der Waals surface area contributed by atoms with Gasteiger partial charge in [0.25, 0.3) is 5.91 Å². The maximum absolute atomic E-state index is 12.3. The molecular formula is C32H41N3O7. The number of aromatic nitrogens is 1. The van der Waals surface area contributed by atoms with Crippen molar-refractivity contribution in [2.24, 2.45) is 0 Å². The summed E-state index contributed by atoms with van der Waals surface area (Å²) in [6.45, 7) is 4.59. The number of anilines is 1. The van der Waals surface area contributed by atoms with Crippen molar-refractivity contribution >= 4 is 17.6 Å². The van der Waals surface area contributed by atoms with Crippen molar-refractivity contribution < 1.29 is 34.0 Å². The molecule has 4 N–H and O–H groups in total. The molecule has 0 aliphatic carbocycles. The lowest BCUT2D eigenvalue weighted by Crippen LogP contribution is -2.22. The molecule has 226 valence electrons. The van der Waals surface area contributed by atoms with Crippen LogP contribution < -0.4 is 10.6 Å². The Bertz CT molecular complexity index is 1240. The van der Waals surface area contributed by atoms with Crippen LogP contribution in [-0.4, -0.2) is 60.0 Å². The maximum Gasteiger partial charge on any atom is 0.302 e. The van der Waals surface area contributed by atoms with Gasteiger partial charge in [-0.2, -0.15) is 0 Å². The number of amides is 1. The minimum Gasteiger partial charge on any atom is -0.508 e. The second-order valence-corrected chi connectivity index (χ2v) is 9.86. The Kier molecular flexibility index (Phi) is 14.5. The van der Waals surface area contributed by atoms with Crippen LogP contribution in [0.5, 0.6) is 5.75 Å². The topological polar surface area (TPSA) is 139 Å². The molecule has 0 radical (unpaired) electrons. The number of aliphatic hydroxyl groups excluding tert-OH is 1. The van der Waals surface area contributed by atoms with Crippen LogP contribution in [0.3, 0.4) is 0 Å². The molecule has 1 atom stereocenters. The zero-order valence-corrected chi connectivity index (χ0v) is 24.1. The lowest BCUT2D eigenvalue weighted by atomic mass is 10.1. The fourth-order valence-corrected chi connectivity index (χ4v) is 4.12. The Morgan fingerprint density at radius 2 is 1.76 bits per heavy atom. The van der Waals surface area contributed by atoms with Crippen LogP contribution in [0.25, 0.3) is 0 Å². The summed E-state index contributed by atoms with van der Waals surface area (Å²) >= 11 is 0. The highest BCUT2D eigenvalue weighted by Gasteiger charge is 2.11. The van der Waals surface area contributed by atoms with E-state index in [-0.39, 0.29) is 18.3 Å². The van der Waals surface area contributed by atoms with Gasteiger partial charge in [0.2, 0.25) is 0 Å². The molecule has 0 saturated carbocycles. The van der Waals surface area contributed by atoms with Gasteiger partial charge in [-0.3, -0.25) is 14.6 Å². The van der Waals surface area contributed by atoms with E-state index in [1.807, 2.05) is 24.3 Å². The van der Waals surface area contributed by atoms with Crippen molar-refractivity contribution in [3.63, 3.8) is 0 Å². The zero-order chi connectivity index (χ0) is 30.0. The number of rotatable bonds is 19. The summed E-state index contributed by atoms with van der Waals surface area (Å²) in [7, 11) is 0. The standard InChI is InChI=1S/C32H41N3O7/c1-24(36)42-23-28-19-26(11-12-30(28)37)31(38)21-34-13-4-2-3-5-15-40-16-17-41-22-25-8-6-10-29(18-25)35-32(39)27-9-7-14-33-20-27/h6-12,14,18-20,31,34,37-38H,2-5,13,15-17,21-23H2,1H3,(H,35,39)/t31-/m0/s1. The van der Waals surface area contributed by atoms with Gasteiger partial charge in [0, 0.05) is 43.7 Å². The number of aliphatic hydroxyl groups is 1. The summed E-state index contributed by atoms with van der Waals surface area (Å²) in [4.78, 5) is 27.3. The number of nitrogens with one attached hydrogen (secondary N) is 2. The second-order valence-electron chi connectivity index (χ2n) is 9.86. The molecule has 10 heteroatoms. The molecule has 0 bridgehead atoms. The highest BCUT2D eigenvalue weighted by atomic mass is 16.5. The Morgan fingerprint density at radius 1 is 0.929 bits per heavy atom. The third-order valence-corrected chi connectivity index (χ3v) is 6.40. The van der Waals surface area contributed by atoms with Gasteiger partial charge in [-0.25, -0.2) is 0 Å². The first-order valence-corrected chi connectivity index (χ1v) is 14.2. The number of aromatic hydroxyl groups is 1. The lowest BCUT2D eigenvalue weighted by Gasteiger charge is -2.14. The summed E-state index contributed by atoms with van der Waals surface area (Å²) < 4.78 is 16.3. The van der Waals surface area contributed by atoms with Crippen molar-refractivity contribution in [2.75, 3.05) is 38.2 Å². The number of phenols is 1. The van der Waals surface area contributed by atoms with Crippen molar-refractivity contribution in [3.8, 4) is 5.75 Å². The molecule has 2 aromatic carbocycles. The molecule has 0 aliphatic heterocycles. The molecule has 0 unspecified atom stereocenters. The van der Waals surface area contributed by atoms with Crippen molar-refractivity contribution in [2.45, 2.75) is 51.9 Å². The Balaban J connectivity index is 1.17. The molecular weight excluding hydrogens is 538 g/mol. The predicted molar refractivity (Wildman–Crippen MR) is 159 cm³/mol. The summed E-state index contributed by atoms with van der Waals surface area (Å²) in [5, 5.41) is 26.5. The number of pyridine rings is 1. The number of carbonyl (C=O) groups is 2. The number of phenolic OH excluding ortho intramolecular Hbond substituents is 1. The maximum atomic E-state index is 12.3. The molecule has 3 aromatic rings. The highest BCUT2D eigenvalue weighted by Crippen LogP contribution is 2.23. The smallest absolute Gasteiger partial charge is 0.302 e. The van der Waals surface area contributed by atoms with E-state index in [0.29, 0.717) is 55.4 Å². The Hall–Kier alpha value is -3.83. The number of ether oxygens (including phenoxy) is 3. The second kappa shape index (κ2) is 18.6. The van der Waals surface area contributed by atoms with E-state index in [4.69, 9.17) is 14.2 Å². The summed E-state index contributed by atoms with van der Waals surface area (Å²) in [6, 6.07) is 15.8. The van der Waals surface area contributed by atoms with Gasteiger partial charge < -0.3 is 35.1 Å². The first kappa shape index (κ1) is 32.7.